The fourth-order valence-electron chi connectivity index (χ4n) is 10.1. The van der Waals surface area contributed by atoms with E-state index in [1.165, 1.54) is 0 Å². The van der Waals surface area contributed by atoms with Crippen LogP contribution in [0.15, 0.2) is 0 Å². The zero-order chi connectivity index (χ0) is 42.6. The number of ether oxygens (including phenoxy) is 4. The van der Waals surface area contributed by atoms with Gasteiger partial charge in [-0.3, -0.25) is 19.5 Å². The first kappa shape index (κ1) is 49.4. The van der Waals surface area contributed by atoms with Crippen LogP contribution in [0, 0.1) is 5.92 Å². The number of nitrogens with one attached hydrogen (secondary N) is 1. The fourth-order valence-corrected chi connectivity index (χ4v) is 10.1. The minimum Gasteiger partial charge on any atom is -0.388 e. The number of nitrogens with two attached hydrogens (primary N) is 1. The molecule has 56 heavy (non-hydrogen) atoms. The Balaban J connectivity index is 2.17. The van der Waals surface area contributed by atoms with Crippen LogP contribution in [0.2, 0.25) is 0 Å². The van der Waals surface area contributed by atoms with Crippen molar-refractivity contribution in [3.8, 4) is 0 Å². The molecule has 13 atom stereocenters. The molecular formula is C42H83N5O9. The molecule has 2 aliphatic heterocycles. The van der Waals surface area contributed by atoms with Crippen LogP contribution in [-0.4, -0.2) is 169 Å². The summed E-state index contributed by atoms with van der Waals surface area (Å²) in [5, 5.41) is 50.1. The summed E-state index contributed by atoms with van der Waals surface area (Å²) in [5.74, 6) is -0.373. The smallest absolute Gasteiger partial charge is 0.249 e. The first-order valence-corrected chi connectivity index (χ1v) is 21.6. The van der Waals surface area contributed by atoms with Crippen molar-refractivity contribution in [1.29, 1.82) is 0 Å². The van der Waals surface area contributed by atoms with Gasteiger partial charge in [-0.25, -0.2) is 0 Å². The van der Waals surface area contributed by atoms with Crippen molar-refractivity contribution in [2.45, 2.75) is 245 Å². The van der Waals surface area contributed by atoms with Crippen molar-refractivity contribution in [2.24, 2.45) is 11.7 Å². The molecule has 3 aliphatic rings. The molecule has 2 saturated heterocycles. The third-order valence-corrected chi connectivity index (χ3v) is 12.2. The largest absolute Gasteiger partial charge is 0.388 e. The quantitative estimate of drug-likeness (QED) is 0.119. The Kier molecular flexibility index (Phi) is 18.5. The summed E-state index contributed by atoms with van der Waals surface area (Å²) in [5.41, 5.74) is 4.30. The van der Waals surface area contributed by atoms with Gasteiger partial charge in [-0.1, -0.05) is 13.8 Å². The first-order valence-electron chi connectivity index (χ1n) is 21.6. The number of aliphatic hydroxyl groups excluding tert-OH is 3. The number of hydrogen-bond donors (Lipinski definition) is 6. The first-order chi connectivity index (χ1) is 26.0. The normalized spacial score (nSPS) is 35.4. The molecular weight excluding hydrogens is 718 g/mol. The highest BCUT2D eigenvalue weighted by molar-refractivity contribution is 5.80. The lowest BCUT2D eigenvalue weighted by atomic mass is 9.81. The van der Waals surface area contributed by atoms with Crippen molar-refractivity contribution in [3.05, 3.63) is 0 Å². The number of nitrogens with zero attached hydrogens (tertiary/aromatic N) is 3. The Morgan fingerprint density at radius 1 is 0.768 bits per heavy atom. The molecule has 1 aliphatic carbocycles. The highest BCUT2D eigenvalue weighted by Crippen LogP contribution is 2.39. The Bertz CT molecular complexity index is 1170. The van der Waals surface area contributed by atoms with Crippen LogP contribution in [-0.2, 0) is 23.7 Å². The summed E-state index contributed by atoms with van der Waals surface area (Å²) in [4.78, 5) is 20.3. The van der Waals surface area contributed by atoms with Gasteiger partial charge < -0.3 is 50.4 Å². The molecule has 0 aromatic rings. The van der Waals surface area contributed by atoms with E-state index in [1.807, 2.05) is 27.7 Å². The Morgan fingerprint density at radius 2 is 1.27 bits per heavy atom. The van der Waals surface area contributed by atoms with E-state index >= 15 is 0 Å². The SMILES string of the molecule is CC(C)C1CC[C@@H](N(C(C)C)C(C)C)[C@@H](O[C@H]2[C@H](O)[C@@H](O[C@H]3OC[C@](C)(O)[C@H](N(C(C)C)C(C)C)[C@H]3O)[C@H](NC(=O)[C@@H](O)CCN)C[C@@H]2N(C(C)C)C(C)C)O1. The van der Waals surface area contributed by atoms with Crippen LogP contribution >= 0.6 is 0 Å². The number of rotatable bonds is 18. The van der Waals surface area contributed by atoms with Gasteiger partial charge in [0.15, 0.2) is 12.6 Å². The maximum atomic E-state index is 13.5. The van der Waals surface area contributed by atoms with Gasteiger partial charge in [0, 0.05) is 42.3 Å². The summed E-state index contributed by atoms with van der Waals surface area (Å²) < 4.78 is 26.8. The maximum absolute atomic E-state index is 13.5. The van der Waals surface area contributed by atoms with Gasteiger partial charge in [-0.05, 0) is 128 Å². The number of carbonyl (C=O) groups is 1. The maximum Gasteiger partial charge on any atom is 0.249 e. The average Bonchev–Trinajstić information content (AvgIpc) is 3.06. The van der Waals surface area contributed by atoms with E-state index in [2.05, 4.69) is 89.3 Å². The molecule has 0 spiro atoms. The van der Waals surface area contributed by atoms with Crippen LogP contribution in [0.25, 0.3) is 0 Å². The predicted molar refractivity (Wildman–Crippen MR) is 219 cm³/mol. The molecule has 1 amide bonds. The molecule has 1 unspecified atom stereocenters. The van der Waals surface area contributed by atoms with E-state index < -0.39 is 72.7 Å². The van der Waals surface area contributed by atoms with E-state index in [-0.39, 0.29) is 73.9 Å². The highest BCUT2D eigenvalue weighted by Gasteiger charge is 2.56. The van der Waals surface area contributed by atoms with Gasteiger partial charge in [-0.2, -0.15) is 0 Å². The molecule has 2 heterocycles. The fraction of sp³-hybridized carbons (Fsp3) is 0.976. The second-order valence-corrected chi connectivity index (χ2v) is 19.0. The van der Waals surface area contributed by atoms with E-state index in [0.717, 1.165) is 12.8 Å². The molecule has 330 valence electrons. The highest BCUT2D eigenvalue weighted by atomic mass is 16.7. The minimum atomic E-state index is -1.41. The Hall–Kier alpha value is -1.01. The second kappa shape index (κ2) is 21.0. The van der Waals surface area contributed by atoms with E-state index in [9.17, 15) is 25.2 Å². The molecule has 0 bridgehead atoms. The van der Waals surface area contributed by atoms with Gasteiger partial charge in [0.2, 0.25) is 5.91 Å². The lowest BCUT2D eigenvalue weighted by molar-refractivity contribution is -0.325. The third kappa shape index (κ3) is 11.6. The molecule has 1 saturated carbocycles. The summed E-state index contributed by atoms with van der Waals surface area (Å²) in [6, 6.07) is -1.65. The monoisotopic (exact) mass is 802 g/mol. The van der Waals surface area contributed by atoms with Gasteiger partial charge >= 0.3 is 0 Å². The number of aliphatic hydroxyl groups is 4. The van der Waals surface area contributed by atoms with Crippen molar-refractivity contribution in [3.63, 3.8) is 0 Å². The van der Waals surface area contributed by atoms with Crippen LogP contribution in [0.4, 0.5) is 0 Å². The average molecular weight is 802 g/mol. The second-order valence-electron chi connectivity index (χ2n) is 19.0. The molecule has 3 rings (SSSR count). The van der Waals surface area contributed by atoms with Gasteiger partial charge in [-0.15, -0.1) is 0 Å². The molecule has 3 fully saturated rings. The molecule has 0 aromatic heterocycles. The Morgan fingerprint density at radius 3 is 1.75 bits per heavy atom. The lowest BCUT2D eigenvalue weighted by Gasteiger charge is -2.55. The van der Waals surface area contributed by atoms with Gasteiger partial charge in [0.05, 0.1) is 30.8 Å². The predicted octanol–water partition coefficient (Wildman–Crippen LogP) is 2.81. The van der Waals surface area contributed by atoms with E-state index in [0.29, 0.717) is 6.42 Å². The summed E-state index contributed by atoms with van der Waals surface area (Å²) in [6.45, 7) is 31.1. The van der Waals surface area contributed by atoms with E-state index in [4.69, 9.17) is 24.7 Å². The molecule has 7 N–H and O–H groups in total. The summed E-state index contributed by atoms with van der Waals surface area (Å²) in [7, 11) is 0. The minimum absolute atomic E-state index is 0.0258. The standard InChI is InChI=1S/C42H83N5O9/c1-22(2)33-17-16-30(45(23(3)4)24(5)6)40(54-33)56-37-31(46(25(7)8)26(9)10)20-29(44-39(51)32(48)18-19-43)36(34(37)49)55-41-35(50)38(42(15,52)21-53-41)47(27(11)12)28(13)14/h22-38,40-41,48-50,52H,16-21,43H2,1-15H3,(H,44,51)/t29-,30-,31+,32+,33?,34-,35-,36+,37-,38-,40-,41-,42+/m1/s1. The summed E-state index contributed by atoms with van der Waals surface area (Å²) in [6.07, 6.45) is -5.90. The van der Waals surface area contributed by atoms with Crippen LogP contribution in [0.5, 0.6) is 0 Å². The lowest BCUT2D eigenvalue weighted by Crippen LogP contribution is -2.72. The zero-order valence-electron chi connectivity index (χ0n) is 37.5. The molecule has 0 radical (unpaired) electrons. The molecule has 14 heteroatoms. The van der Waals surface area contributed by atoms with Crippen molar-refractivity contribution in [1.82, 2.24) is 20.0 Å². The van der Waals surface area contributed by atoms with Crippen LogP contribution < -0.4 is 11.1 Å². The van der Waals surface area contributed by atoms with Crippen molar-refractivity contribution in [2.75, 3.05) is 13.2 Å². The molecule has 0 aromatic carbocycles. The van der Waals surface area contributed by atoms with Crippen molar-refractivity contribution >= 4 is 5.91 Å². The zero-order valence-corrected chi connectivity index (χ0v) is 37.5. The number of amides is 1. The van der Waals surface area contributed by atoms with Gasteiger partial charge in [0.25, 0.3) is 0 Å². The summed E-state index contributed by atoms with van der Waals surface area (Å²) >= 11 is 0. The van der Waals surface area contributed by atoms with Crippen LogP contribution in [0.3, 0.4) is 0 Å². The molecule has 14 nitrogen and oxygen atoms in total. The van der Waals surface area contributed by atoms with Gasteiger partial charge in [0.1, 0.15) is 36.1 Å². The number of hydrogen-bond acceptors (Lipinski definition) is 13. The van der Waals surface area contributed by atoms with E-state index in [1.54, 1.807) is 6.92 Å². The number of carbonyl (C=O) groups excluding carboxylic acids is 1. The van der Waals surface area contributed by atoms with Crippen molar-refractivity contribution < 1.29 is 44.2 Å². The van der Waals surface area contributed by atoms with Crippen LogP contribution in [0.1, 0.15) is 130 Å². The third-order valence-electron chi connectivity index (χ3n) is 12.2. The Labute approximate surface area is 339 Å². The topological polar surface area (TPSA) is 183 Å².